The average Bonchev–Trinajstić information content (AvgIpc) is 2.46. The number of carbonyl (C=O) groups excluding carboxylic acids is 2. The molecule has 0 aromatic heterocycles. The van der Waals surface area contributed by atoms with Crippen molar-refractivity contribution in [3.63, 3.8) is 0 Å². The molecule has 1 aliphatic rings. The van der Waals surface area contributed by atoms with Crippen LogP contribution in [0, 0.1) is 0 Å². The third-order valence-corrected chi connectivity index (χ3v) is 3.53. The van der Waals surface area contributed by atoms with Gasteiger partial charge in [-0.25, -0.2) is 0 Å². The van der Waals surface area contributed by atoms with E-state index in [0.717, 1.165) is 30.6 Å². The van der Waals surface area contributed by atoms with Crippen molar-refractivity contribution in [2.45, 2.75) is 25.8 Å². The molecule has 0 aliphatic carbocycles. The molecule has 0 saturated heterocycles. The zero-order valence-corrected chi connectivity index (χ0v) is 13.6. The molecule has 1 aliphatic heterocycles. The molecule has 0 bridgehead atoms. The van der Waals surface area contributed by atoms with Crippen LogP contribution in [0.1, 0.15) is 18.9 Å². The number of methoxy groups -OCH3 is 1. The van der Waals surface area contributed by atoms with Crippen molar-refractivity contribution in [2.75, 3.05) is 30.5 Å². The smallest absolute Gasteiger partial charge is 0.243 e. The summed E-state index contributed by atoms with van der Waals surface area (Å²) in [7, 11) is 1.50. The lowest BCUT2D eigenvalue weighted by molar-refractivity contribution is -0.118. The van der Waals surface area contributed by atoms with Gasteiger partial charge in [-0.15, -0.1) is 12.4 Å². The molecule has 1 aromatic rings. The minimum atomic E-state index is -0.695. The maximum Gasteiger partial charge on any atom is 0.243 e. The SMILES string of the molecule is COCC(N)C(=O)Nc1ccc2c(c1)CCCN2C(C)=O.Cl. The van der Waals surface area contributed by atoms with Gasteiger partial charge in [-0.2, -0.15) is 0 Å². The van der Waals surface area contributed by atoms with Crippen molar-refractivity contribution in [1.29, 1.82) is 0 Å². The summed E-state index contributed by atoms with van der Waals surface area (Å²) in [6, 6.07) is 4.87. The maximum absolute atomic E-state index is 11.9. The van der Waals surface area contributed by atoms with Crippen LogP contribution >= 0.6 is 12.4 Å². The van der Waals surface area contributed by atoms with Crippen LogP contribution in [-0.4, -0.2) is 38.1 Å². The average molecular weight is 328 g/mol. The fourth-order valence-corrected chi connectivity index (χ4v) is 2.49. The van der Waals surface area contributed by atoms with Crippen LogP contribution in [0.2, 0.25) is 0 Å². The van der Waals surface area contributed by atoms with Crippen LogP contribution in [0.15, 0.2) is 18.2 Å². The molecule has 0 fully saturated rings. The van der Waals surface area contributed by atoms with Crippen LogP contribution in [0.3, 0.4) is 0 Å². The van der Waals surface area contributed by atoms with E-state index in [1.54, 1.807) is 17.9 Å². The van der Waals surface area contributed by atoms with Gasteiger partial charge >= 0.3 is 0 Å². The van der Waals surface area contributed by atoms with Crippen molar-refractivity contribution in [2.24, 2.45) is 5.73 Å². The van der Waals surface area contributed by atoms with Gasteiger partial charge < -0.3 is 20.7 Å². The topological polar surface area (TPSA) is 84.7 Å². The number of hydrogen-bond donors (Lipinski definition) is 2. The van der Waals surface area contributed by atoms with Gasteiger partial charge in [-0.1, -0.05) is 0 Å². The molecular weight excluding hydrogens is 306 g/mol. The standard InChI is InChI=1S/C15H21N3O3.ClH/c1-10(19)18-7-3-4-11-8-12(5-6-14(11)18)17-15(20)13(16)9-21-2;/h5-6,8,13H,3-4,7,9,16H2,1-2H3,(H,17,20);1H. The molecule has 0 spiro atoms. The van der Waals surface area contributed by atoms with Crippen molar-refractivity contribution in [1.82, 2.24) is 0 Å². The molecule has 6 nitrogen and oxygen atoms in total. The first-order valence-corrected chi connectivity index (χ1v) is 6.99. The number of aryl methyl sites for hydroxylation is 1. The summed E-state index contributed by atoms with van der Waals surface area (Å²) in [4.78, 5) is 25.2. The molecule has 1 atom stereocenters. The lowest BCUT2D eigenvalue weighted by atomic mass is 10.0. The quantitative estimate of drug-likeness (QED) is 0.873. The van der Waals surface area contributed by atoms with Gasteiger partial charge in [-0.05, 0) is 36.6 Å². The van der Waals surface area contributed by atoms with Gasteiger partial charge in [0.25, 0.3) is 0 Å². The summed E-state index contributed by atoms with van der Waals surface area (Å²) in [5, 5.41) is 2.77. The van der Waals surface area contributed by atoms with Crippen molar-refractivity contribution in [3.8, 4) is 0 Å². The molecular formula is C15H22ClN3O3. The van der Waals surface area contributed by atoms with Crippen molar-refractivity contribution >= 4 is 35.6 Å². The lowest BCUT2D eigenvalue weighted by Crippen LogP contribution is -2.39. The van der Waals surface area contributed by atoms with E-state index in [1.807, 2.05) is 12.1 Å². The Morgan fingerprint density at radius 2 is 2.18 bits per heavy atom. The number of nitrogens with one attached hydrogen (secondary N) is 1. The molecule has 1 unspecified atom stereocenters. The molecule has 1 heterocycles. The van der Waals surface area contributed by atoms with E-state index < -0.39 is 6.04 Å². The highest BCUT2D eigenvalue weighted by molar-refractivity contribution is 5.96. The maximum atomic E-state index is 11.9. The van der Waals surface area contributed by atoms with Gasteiger partial charge in [0.2, 0.25) is 11.8 Å². The second-order valence-electron chi connectivity index (χ2n) is 5.17. The van der Waals surface area contributed by atoms with Gasteiger partial charge in [-0.3, -0.25) is 9.59 Å². The van der Waals surface area contributed by atoms with Crippen LogP contribution < -0.4 is 16.0 Å². The Balaban J connectivity index is 0.00000242. The first kappa shape index (κ1) is 18.4. The summed E-state index contributed by atoms with van der Waals surface area (Å²) < 4.78 is 4.86. The number of ether oxygens (including phenoxy) is 1. The first-order valence-electron chi connectivity index (χ1n) is 6.99. The predicted molar refractivity (Wildman–Crippen MR) is 88.5 cm³/mol. The van der Waals surface area contributed by atoms with E-state index in [1.165, 1.54) is 7.11 Å². The first-order chi connectivity index (χ1) is 10.0. The van der Waals surface area contributed by atoms with Crippen LogP contribution in [-0.2, 0) is 20.7 Å². The van der Waals surface area contributed by atoms with Crippen LogP contribution in [0.4, 0.5) is 11.4 Å². The summed E-state index contributed by atoms with van der Waals surface area (Å²) >= 11 is 0. The van der Waals surface area contributed by atoms with Crippen LogP contribution in [0.25, 0.3) is 0 Å². The second-order valence-corrected chi connectivity index (χ2v) is 5.17. The number of halogens is 1. The Bertz CT molecular complexity index is 551. The number of carbonyl (C=O) groups is 2. The highest BCUT2D eigenvalue weighted by Crippen LogP contribution is 2.29. The number of fused-ring (bicyclic) bond motifs is 1. The molecule has 122 valence electrons. The highest BCUT2D eigenvalue weighted by atomic mass is 35.5. The highest BCUT2D eigenvalue weighted by Gasteiger charge is 2.20. The molecule has 3 N–H and O–H groups in total. The summed E-state index contributed by atoms with van der Waals surface area (Å²) in [5.41, 5.74) is 8.36. The van der Waals surface area contributed by atoms with E-state index in [4.69, 9.17) is 10.5 Å². The van der Waals surface area contributed by atoms with Crippen molar-refractivity contribution in [3.05, 3.63) is 23.8 Å². The largest absolute Gasteiger partial charge is 0.383 e. The number of anilines is 2. The Hall–Kier alpha value is -1.63. The van der Waals surface area contributed by atoms with E-state index in [9.17, 15) is 9.59 Å². The molecule has 1 aromatic carbocycles. The third kappa shape index (κ3) is 4.19. The number of hydrogen-bond acceptors (Lipinski definition) is 4. The van der Waals surface area contributed by atoms with Gasteiger partial charge in [0.15, 0.2) is 0 Å². The fraction of sp³-hybridized carbons (Fsp3) is 0.467. The second kappa shape index (κ2) is 8.12. The predicted octanol–water partition coefficient (Wildman–Crippen LogP) is 1.32. The summed E-state index contributed by atoms with van der Waals surface area (Å²) in [6.45, 7) is 2.48. The number of amides is 2. The number of benzene rings is 1. The number of nitrogens with two attached hydrogens (primary N) is 1. The Kier molecular flexibility index (Phi) is 6.80. The van der Waals surface area contributed by atoms with Gasteiger partial charge in [0.05, 0.1) is 6.61 Å². The van der Waals surface area contributed by atoms with Gasteiger partial charge in [0.1, 0.15) is 6.04 Å². The van der Waals surface area contributed by atoms with E-state index in [0.29, 0.717) is 5.69 Å². The third-order valence-electron chi connectivity index (χ3n) is 3.53. The zero-order valence-electron chi connectivity index (χ0n) is 12.8. The lowest BCUT2D eigenvalue weighted by Gasteiger charge is -2.29. The minimum Gasteiger partial charge on any atom is -0.383 e. The van der Waals surface area contributed by atoms with Crippen LogP contribution in [0.5, 0.6) is 0 Å². The minimum absolute atomic E-state index is 0. The van der Waals surface area contributed by atoms with E-state index in [-0.39, 0.29) is 30.8 Å². The van der Waals surface area contributed by atoms with Crippen molar-refractivity contribution < 1.29 is 14.3 Å². The number of rotatable bonds is 4. The zero-order chi connectivity index (χ0) is 15.4. The van der Waals surface area contributed by atoms with E-state index in [2.05, 4.69) is 5.32 Å². The molecule has 7 heteroatoms. The monoisotopic (exact) mass is 327 g/mol. The molecule has 22 heavy (non-hydrogen) atoms. The summed E-state index contributed by atoms with van der Waals surface area (Å²) in [6.07, 6.45) is 1.82. The fourth-order valence-electron chi connectivity index (χ4n) is 2.49. The van der Waals surface area contributed by atoms with Gasteiger partial charge in [0, 0.05) is 32.0 Å². The Morgan fingerprint density at radius 1 is 1.45 bits per heavy atom. The Labute approximate surface area is 136 Å². The Morgan fingerprint density at radius 3 is 2.82 bits per heavy atom. The molecule has 2 rings (SSSR count). The van der Waals surface area contributed by atoms with E-state index >= 15 is 0 Å². The molecule has 0 saturated carbocycles. The normalized spacial score (nSPS) is 14.6. The number of nitrogens with zero attached hydrogens (tertiary/aromatic N) is 1. The molecule has 2 amide bonds. The summed E-state index contributed by atoms with van der Waals surface area (Å²) in [5.74, 6) is -0.245. The molecule has 0 radical (unpaired) electrons.